The highest BCUT2D eigenvalue weighted by Crippen LogP contribution is 2.13. The van der Waals surface area contributed by atoms with E-state index in [4.69, 9.17) is 19.9 Å². The Hall–Kier alpha value is -6.55. The van der Waals surface area contributed by atoms with E-state index in [1.807, 2.05) is 4.90 Å². The van der Waals surface area contributed by atoms with Gasteiger partial charge in [-0.05, 0) is 56.4 Å². The lowest BCUT2D eigenvalue weighted by molar-refractivity contribution is -0.308. The van der Waals surface area contributed by atoms with Gasteiger partial charge < -0.3 is 65.4 Å². The summed E-state index contributed by atoms with van der Waals surface area (Å²) in [6.45, 7) is 3.46. The monoisotopic (exact) mass is 1020 g/mol. The average Bonchev–Trinajstić information content (AvgIpc) is 3.33. The SMILES string of the molecule is Nc1nc2ncc(CNc3ccc(C(=O)N[C@@H](CCC(=O)CCCCOCCOCCOCCCCC(=O)CN4CCN(CC(=O)[O-])CCN(CC(=O)[O-])CCN(CC(=O)[O-])CC4)C(=O)O)cc3)nc2c(=O)[nH]1. The summed E-state index contributed by atoms with van der Waals surface area (Å²) in [6, 6.07) is 5.03. The van der Waals surface area contributed by atoms with Crippen LogP contribution in [-0.4, -0.2) is 210 Å². The predicted molar refractivity (Wildman–Crippen MR) is 255 cm³/mol. The highest BCUT2D eigenvalue weighted by molar-refractivity contribution is 5.97. The number of H-pyrrole nitrogens is 1. The number of nitrogens with zero attached hydrogens (tertiary/aromatic N) is 7. The molecule has 1 fully saturated rings. The van der Waals surface area contributed by atoms with Crippen LogP contribution in [0.3, 0.4) is 0 Å². The van der Waals surface area contributed by atoms with E-state index in [0.717, 1.165) is 0 Å². The van der Waals surface area contributed by atoms with E-state index in [2.05, 4.69) is 30.6 Å². The van der Waals surface area contributed by atoms with Gasteiger partial charge in [0.2, 0.25) is 5.95 Å². The minimum absolute atomic E-state index is 0.0205. The minimum Gasteiger partial charge on any atom is -0.549 e. The van der Waals surface area contributed by atoms with Gasteiger partial charge >= 0.3 is 5.97 Å². The summed E-state index contributed by atoms with van der Waals surface area (Å²) in [6.07, 6.45) is 4.29. The van der Waals surface area contributed by atoms with Gasteiger partial charge in [-0.25, -0.2) is 14.8 Å². The van der Waals surface area contributed by atoms with E-state index in [9.17, 15) is 58.8 Å². The van der Waals surface area contributed by atoms with Crippen molar-refractivity contribution in [3.8, 4) is 0 Å². The highest BCUT2D eigenvalue weighted by Gasteiger charge is 2.23. The van der Waals surface area contributed by atoms with E-state index in [1.165, 1.54) is 18.3 Å². The highest BCUT2D eigenvalue weighted by atomic mass is 16.5. The lowest BCUT2D eigenvalue weighted by Crippen LogP contribution is -2.51. The van der Waals surface area contributed by atoms with Crippen LogP contribution in [0.1, 0.15) is 67.4 Å². The molecular weight excluding hydrogens is 959 g/mol. The van der Waals surface area contributed by atoms with Crippen molar-refractivity contribution in [2.24, 2.45) is 0 Å². The molecule has 3 heterocycles. The molecule has 0 aliphatic carbocycles. The standard InChI is InChI=1S/C47H69N11O15/c48-47-53-43-42(45(68)54-47)51-35(28-50-43)27-49-34-9-7-33(8-10-34)44(67)52-38(46(69)70)12-11-36(59)5-1-3-21-71-23-25-73-26-24-72-22-4-2-6-37(60)29-55-13-15-56(30-39(61)62)17-19-58(32-41(65)66)20-18-57(16-14-55)31-40(63)64/h7-10,28,38,49H,1-6,11-27,29-32H2,(H,52,67)(H,61,62)(H,63,64)(H,65,66)(H,69,70)(H3,48,50,53,54,68)/p-3/t38-/m0/s1. The maximum Gasteiger partial charge on any atom is 0.326 e. The second-order valence-electron chi connectivity index (χ2n) is 17.4. The van der Waals surface area contributed by atoms with Gasteiger partial charge in [0.1, 0.15) is 17.6 Å². The van der Waals surface area contributed by atoms with Gasteiger partial charge in [0.25, 0.3) is 11.5 Å². The van der Waals surface area contributed by atoms with E-state index in [0.29, 0.717) is 96.2 Å². The fraction of sp³-hybridized carbons (Fsp3) is 0.596. The Balaban J connectivity index is 1.00. The van der Waals surface area contributed by atoms with E-state index in [-0.39, 0.29) is 119 Å². The Morgan fingerprint density at radius 2 is 1.14 bits per heavy atom. The summed E-state index contributed by atoms with van der Waals surface area (Å²) in [5.41, 5.74) is 6.49. The van der Waals surface area contributed by atoms with Crippen LogP contribution < -0.4 is 37.2 Å². The summed E-state index contributed by atoms with van der Waals surface area (Å²) in [7, 11) is 0. The van der Waals surface area contributed by atoms with Crippen molar-refractivity contribution in [3.63, 3.8) is 0 Å². The Labute approximate surface area is 421 Å². The molecule has 0 unspecified atom stereocenters. The Morgan fingerprint density at radius 1 is 0.658 bits per heavy atom. The maximum absolute atomic E-state index is 12.9. The summed E-state index contributed by atoms with van der Waals surface area (Å²) < 4.78 is 16.7. The van der Waals surface area contributed by atoms with Crippen molar-refractivity contribution < 1.29 is 68.2 Å². The number of carboxylic acids is 4. The molecule has 1 aromatic carbocycles. The number of fused-ring (bicyclic) bond motifs is 1. The number of ether oxygens (including phenoxy) is 3. The molecule has 0 saturated carbocycles. The number of hydrogen-bond acceptors (Lipinski definition) is 23. The number of Topliss-reactive ketones (excluding diaryl/α,β-unsaturated/α-hetero) is 2. The molecule has 73 heavy (non-hydrogen) atoms. The minimum atomic E-state index is -1.30. The number of hydrogen-bond donors (Lipinski definition) is 5. The van der Waals surface area contributed by atoms with Crippen molar-refractivity contribution in [3.05, 3.63) is 52.1 Å². The van der Waals surface area contributed by atoms with Crippen molar-refractivity contribution in [2.45, 2.75) is 64.0 Å². The molecule has 26 nitrogen and oxygen atoms in total. The number of carboxylic acid groups (broad SMARTS) is 4. The molecule has 1 atom stereocenters. The van der Waals surface area contributed by atoms with Crippen molar-refractivity contribution in [2.75, 3.05) is 129 Å². The zero-order valence-corrected chi connectivity index (χ0v) is 40.9. The second-order valence-corrected chi connectivity index (χ2v) is 17.4. The molecule has 0 bridgehead atoms. The number of unbranched alkanes of at least 4 members (excludes halogenated alkanes) is 2. The molecule has 3 aromatic rings. The largest absolute Gasteiger partial charge is 0.549 e. The van der Waals surface area contributed by atoms with Gasteiger partial charge in [-0.3, -0.25) is 43.8 Å². The smallest absolute Gasteiger partial charge is 0.326 e. The summed E-state index contributed by atoms with van der Waals surface area (Å²) >= 11 is 0. The number of rotatable bonds is 33. The lowest BCUT2D eigenvalue weighted by atomic mass is 10.0. The van der Waals surface area contributed by atoms with Crippen LogP contribution in [0.5, 0.6) is 0 Å². The quantitative estimate of drug-likeness (QED) is 0.0362. The first kappa shape index (κ1) is 59.0. The van der Waals surface area contributed by atoms with Gasteiger partial charge in [-0.15, -0.1) is 0 Å². The molecule has 6 N–H and O–H groups in total. The third-order valence-electron chi connectivity index (χ3n) is 11.5. The summed E-state index contributed by atoms with van der Waals surface area (Å²) in [5.74, 6) is -5.96. The van der Waals surface area contributed by atoms with E-state index in [1.54, 1.807) is 26.8 Å². The number of aromatic nitrogens is 4. The zero-order valence-electron chi connectivity index (χ0n) is 40.9. The number of benzene rings is 1. The molecule has 402 valence electrons. The first-order chi connectivity index (χ1) is 35.0. The van der Waals surface area contributed by atoms with Crippen LogP contribution in [0, 0.1) is 0 Å². The van der Waals surface area contributed by atoms with Gasteiger partial charge in [0, 0.05) is 116 Å². The van der Waals surface area contributed by atoms with Gasteiger partial charge in [-0.1, -0.05) is 0 Å². The third-order valence-corrected chi connectivity index (χ3v) is 11.5. The lowest BCUT2D eigenvalue weighted by Gasteiger charge is -2.34. The van der Waals surface area contributed by atoms with Crippen LogP contribution in [0.25, 0.3) is 11.2 Å². The van der Waals surface area contributed by atoms with Crippen LogP contribution in [0.15, 0.2) is 35.3 Å². The third kappa shape index (κ3) is 24.2. The molecule has 2 aromatic heterocycles. The Morgan fingerprint density at radius 3 is 1.63 bits per heavy atom. The van der Waals surface area contributed by atoms with Crippen molar-refractivity contribution in [1.29, 1.82) is 0 Å². The molecule has 4 rings (SSSR count). The second kappa shape index (κ2) is 32.5. The molecule has 1 aliphatic rings. The maximum atomic E-state index is 12.9. The fourth-order valence-corrected chi connectivity index (χ4v) is 7.60. The molecule has 1 amide bonds. The van der Waals surface area contributed by atoms with Gasteiger partial charge in [-0.2, -0.15) is 4.98 Å². The molecule has 1 saturated heterocycles. The number of nitrogens with two attached hydrogens (primary N) is 1. The summed E-state index contributed by atoms with van der Waals surface area (Å²) in [5, 5.41) is 49.4. The molecule has 0 radical (unpaired) electrons. The topological polar surface area (TPSA) is 371 Å². The van der Waals surface area contributed by atoms with Crippen LogP contribution in [-0.2, 0) is 49.5 Å². The Bertz CT molecular complexity index is 2290. The van der Waals surface area contributed by atoms with E-state index >= 15 is 0 Å². The zero-order chi connectivity index (χ0) is 53.0. The predicted octanol–water partition coefficient (Wildman–Crippen LogP) is -4.13. The number of anilines is 2. The summed E-state index contributed by atoms with van der Waals surface area (Å²) in [4.78, 5) is 118. The van der Waals surface area contributed by atoms with Crippen molar-refractivity contribution >= 4 is 64.2 Å². The molecular formula is C47H66N11O15-3. The number of nitrogen functional groups attached to an aromatic ring is 1. The average molecular weight is 1030 g/mol. The van der Waals surface area contributed by atoms with Crippen LogP contribution in [0.4, 0.5) is 11.6 Å². The first-order valence-corrected chi connectivity index (χ1v) is 24.2. The van der Waals surface area contributed by atoms with Crippen LogP contribution in [0.2, 0.25) is 0 Å². The molecule has 1 aliphatic heterocycles. The number of ketones is 2. The van der Waals surface area contributed by atoms with Crippen molar-refractivity contribution in [1.82, 2.24) is 44.9 Å². The molecule has 26 heteroatoms. The number of carbonyl (C=O) groups excluding carboxylic acids is 6. The number of amides is 1. The number of aliphatic carboxylic acids is 4. The normalized spacial score (nSPS) is 15.0. The van der Waals surface area contributed by atoms with Gasteiger partial charge in [0.15, 0.2) is 11.2 Å². The Kier molecular flexibility index (Phi) is 26.3. The fourth-order valence-electron chi connectivity index (χ4n) is 7.60. The number of carbonyl (C=O) groups is 7. The van der Waals surface area contributed by atoms with Crippen LogP contribution >= 0.6 is 0 Å². The number of aromatic amines is 1. The van der Waals surface area contributed by atoms with Gasteiger partial charge in [0.05, 0.1) is 69.3 Å². The van der Waals surface area contributed by atoms with E-state index < -0.39 is 47.9 Å². The first-order valence-electron chi connectivity index (χ1n) is 24.2. The number of nitrogens with one attached hydrogen (secondary N) is 3. The molecule has 0 spiro atoms.